The van der Waals surface area contributed by atoms with E-state index < -0.39 is 10.8 Å². The first-order valence-corrected chi connectivity index (χ1v) is 11.5. The van der Waals surface area contributed by atoms with Crippen molar-refractivity contribution in [2.24, 2.45) is 70.0 Å². The second-order valence-electron chi connectivity index (χ2n) is 10.6. The molecular weight excluding hydrogens is 396 g/mol. The highest BCUT2D eigenvalue weighted by molar-refractivity contribution is 9.09. The van der Waals surface area contributed by atoms with E-state index in [1.54, 1.807) is 7.11 Å². The molecule has 1 heterocycles. The van der Waals surface area contributed by atoms with Crippen LogP contribution in [0.15, 0.2) is 0 Å². The van der Waals surface area contributed by atoms with Crippen molar-refractivity contribution in [3.8, 4) is 0 Å². The van der Waals surface area contributed by atoms with Crippen LogP contribution in [0, 0.1) is 70.0 Å². The van der Waals surface area contributed by atoms with Crippen molar-refractivity contribution in [3.63, 3.8) is 0 Å². The number of methoxy groups -OCH3 is 1. The van der Waals surface area contributed by atoms with E-state index in [2.05, 4.69) is 15.9 Å². The molecule has 9 fully saturated rings. The van der Waals surface area contributed by atoms with Gasteiger partial charge in [0.2, 0.25) is 0 Å². The quantitative estimate of drug-likeness (QED) is 0.485. The standard InChI is InChI=1S/C21H23BrO4/c1-25-18(23)20-15-7-3-5-9-11(7)17-13(15)12-14(21(17,20)19(24)26-9)6-2-4-8(22)10(6)16(12)20/h6-17H,2-5H2,1H3/t6-,7-,8+,9+,10+,11-,12+,13-,14+,15+,16+,17-,20+,21+/m1/s1. The van der Waals surface area contributed by atoms with Gasteiger partial charge in [-0.2, -0.15) is 0 Å². The zero-order chi connectivity index (χ0) is 17.3. The average Bonchev–Trinajstić information content (AvgIpc) is 3.41. The SMILES string of the molecule is COC(=O)[C@]12[C@@H]3[C@H]4[C@H]5[C@H]6[C@@H]7[C@@H](CC[C@@H]7OC(=O)[C@]61[C@H]4[C@@H]1CC[C@H](Br)[C@H]13)[C@@H]52. The second-order valence-corrected chi connectivity index (χ2v) is 11.8. The summed E-state index contributed by atoms with van der Waals surface area (Å²) in [7, 11) is 1.54. The van der Waals surface area contributed by atoms with E-state index in [-0.39, 0.29) is 18.0 Å². The fourth-order valence-corrected chi connectivity index (χ4v) is 12.8. The lowest BCUT2D eigenvalue weighted by Crippen LogP contribution is -2.68. The van der Waals surface area contributed by atoms with Gasteiger partial charge in [0.1, 0.15) is 6.10 Å². The van der Waals surface area contributed by atoms with Crippen LogP contribution in [-0.2, 0) is 19.1 Å². The molecule has 5 heteroatoms. The molecule has 14 atom stereocenters. The van der Waals surface area contributed by atoms with Gasteiger partial charge in [-0.25, -0.2) is 0 Å². The number of alkyl halides is 1. The van der Waals surface area contributed by atoms with Crippen LogP contribution in [0.1, 0.15) is 25.7 Å². The number of ether oxygens (including phenoxy) is 2. The van der Waals surface area contributed by atoms with Crippen molar-refractivity contribution in [1.29, 1.82) is 0 Å². The van der Waals surface area contributed by atoms with E-state index in [0.717, 1.165) is 12.8 Å². The molecule has 0 unspecified atom stereocenters. The molecule has 4 nitrogen and oxygen atoms in total. The van der Waals surface area contributed by atoms with Crippen LogP contribution in [0.2, 0.25) is 0 Å². The van der Waals surface area contributed by atoms with Crippen LogP contribution in [-0.4, -0.2) is 30.0 Å². The van der Waals surface area contributed by atoms with E-state index in [0.29, 0.717) is 64.0 Å². The van der Waals surface area contributed by atoms with Crippen LogP contribution in [0.4, 0.5) is 0 Å². The van der Waals surface area contributed by atoms with E-state index in [4.69, 9.17) is 9.47 Å². The van der Waals surface area contributed by atoms with Gasteiger partial charge in [-0.05, 0) is 78.9 Å². The van der Waals surface area contributed by atoms with Crippen LogP contribution < -0.4 is 0 Å². The summed E-state index contributed by atoms with van der Waals surface area (Å²) >= 11 is 3.97. The summed E-state index contributed by atoms with van der Waals surface area (Å²) in [5, 5.41) is 0. The Bertz CT molecular complexity index is 812. The zero-order valence-corrected chi connectivity index (χ0v) is 16.4. The largest absolute Gasteiger partial charge is 0.469 e. The van der Waals surface area contributed by atoms with Gasteiger partial charge < -0.3 is 9.47 Å². The molecule has 1 spiro atoms. The van der Waals surface area contributed by atoms with E-state index in [9.17, 15) is 9.59 Å². The van der Waals surface area contributed by atoms with Gasteiger partial charge in [0.15, 0.2) is 0 Å². The first-order chi connectivity index (χ1) is 12.6. The van der Waals surface area contributed by atoms with Crippen molar-refractivity contribution in [2.45, 2.75) is 36.6 Å². The maximum Gasteiger partial charge on any atom is 0.314 e. The predicted octanol–water partition coefficient (Wildman–Crippen LogP) is 2.64. The van der Waals surface area contributed by atoms with Gasteiger partial charge in [0.05, 0.1) is 17.9 Å². The molecule has 0 aromatic rings. The molecule has 0 aromatic carbocycles. The fraction of sp³-hybridized carbons (Fsp3) is 0.905. The van der Waals surface area contributed by atoms with Crippen molar-refractivity contribution in [2.75, 3.05) is 7.11 Å². The molecule has 1 aliphatic heterocycles. The van der Waals surface area contributed by atoms with Gasteiger partial charge in [-0.3, -0.25) is 9.59 Å². The summed E-state index contributed by atoms with van der Waals surface area (Å²) in [5.41, 5.74) is -1.08. The lowest BCUT2D eigenvalue weighted by molar-refractivity contribution is -0.232. The number of carbonyl (C=O) groups is 2. The van der Waals surface area contributed by atoms with E-state index in [1.165, 1.54) is 12.8 Å². The Kier molecular flexibility index (Phi) is 2.10. The molecule has 0 aromatic heterocycles. The maximum atomic E-state index is 13.7. The van der Waals surface area contributed by atoms with E-state index in [1.807, 2.05) is 0 Å². The Morgan fingerprint density at radius 3 is 2.54 bits per heavy atom. The number of carbonyl (C=O) groups excluding carboxylic acids is 2. The summed E-state index contributed by atoms with van der Waals surface area (Å²) in [6.45, 7) is 0. The first-order valence-electron chi connectivity index (χ1n) is 10.5. The third kappa shape index (κ3) is 0.931. The van der Waals surface area contributed by atoms with Crippen LogP contribution in [0.25, 0.3) is 0 Å². The number of hydrogen-bond acceptors (Lipinski definition) is 4. The summed E-state index contributed by atoms with van der Waals surface area (Å²) in [4.78, 5) is 27.8. The third-order valence-corrected chi connectivity index (χ3v) is 12.2. The average molecular weight is 419 g/mol. The number of rotatable bonds is 1. The summed E-state index contributed by atoms with van der Waals surface area (Å²) in [6.07, 6.45) is 4.71. The maximum absolute atomic E-state index is 13.7. The number of hydrogen-bond donors (Lipinski definition) is 0. The molecule has 9 aliphatic rings. The molecular formula is C21H23BrO4. The summed E-state index contributed by atoms with van der Waals surface area (Å²) in [6, 6.07) is 0. The zero-order valence-electron chi connectivity index (χ0n) is 14.8. The lowest BCUT2D eigenvalue weighted by atomic mass is 9.43. The molecule has 9 rings (SSSR count). The lowest BCUT2D eigenvalue weighted by Gasteiger charge is -2.60. The Morgan fingerprint density at radius 2 is 1.73 bits per heavy atom. The topological polar surface area (TPSA) is 52.6 Å². The predicted molar refractivity (Wildman–Crippen MR) is 92.8 cm³/mol. The molecule has 0 amide bonds. The van der Waals surface area contributed by atoms with Gasteiger partial charge in [0.25, 0.3) is 0 Å². The third-order valence-electron chi connectivity index (χ3n) is 11.2. The Labute approximate surface area is 160 Å². The molecule has 138 valence electrons. The van der Waals surface area contributed by atoms with Crippen LogP contribution in [0.3, 0.4) is 0 Å². The fourth-order valence-electron chi connectivity index (χ4n) is 11.8. The minimum Gasteiger partial charge on any atom is -0.469 e. The Balaban J connectivity index is 1.47. The minimum absolute atomic E-state index is 0.00784. The highest BCUT2D eigenvalue weighted by atomic mass is 79.9. The van der Waals surface area contributed by atoms with Crippen molar-refractivity contribution in [1.82, 2.24) is 0 Å². The smallest absolute Gasteiger partial charge is 0.314 e. The van der Waals surface area contributed by atoms with Crippen LogP contribution in [0.5, 0.6) is 0 Å². The molecule has 0 N–H and O–H groups in total. The monoisotopic (exact) mass is 418 g/mol. The second kappa shape index (κ2) is 3.79. The van der Waals surface area contributed by atoms with Gasteiger partial charge in [-0.15, -0.1) is 0 Å². The van der Waals surface area contributed by atoms with Gasteiger partial charge in [0, 0.05) is 10.7 Å². The molecule has 1 saturated heterocycles. The van der Waals surface area contributed by atoms with Gasteiger partial charge >= 0.3 is 11.9 Å². The van der Waals surface area contributed by atoms with E-state index >= 15 is 0 Å². The summed E-state index contributed by atoms with van der Waals surface area (Å²) in [5.74, 6) is 5.01. The van der Waals surface area contributed by atoms with Gasteiger partial charge in [-0.1, -0.05) is 15.9 Å². The molecule has 8 saturated carbocycles. The molecule has 8 bridgehead atoms. The number of fused-ring (bicyclic) bond motifs is 1. The van der Waals surface area contributed by atoms with Crippen molar-refractivity contribution in [3.05, 3.63) is 0 Å². The van der Waals surface area contributed by atoms with Crippen molar-refractivity contribution < 1.29 is 19.1 Å². The van der Waals surface area contributed by atoms with Crippen LogP contribution >= 0.6 is 15.9 Å². The Morgan fingerprint density at radius 1 is 1.00 bits per heavy atom. The van der Waals surface area contributed by atoms with Crippen molar-refractivity contribution >= 4 is 27.9 Å². The Hall–Kier alpha value is -0.580. The normalized spacial score (nSPS) is 71.7. The molecule has 26 heavy (non-hydrogen) atoms. The molecule has 0 radical (unpaired) electrons. The number of halogens is 1. The minimum atomic E-state index is -0.558. The highest BCUT2D eigenvalue weighted by Gasteiger charge is 3.02. The summed E-state index contributed by atoms with van der Waals surface area (Å²) < 4.78 is 11.7. The molecule has 8 aliphatic carbocycles. The number of esters is 2. The first kappa shape index (κ1) is 14.4. The highest BCUT2D eigenvalue weighted by Crippen LogP contribution is 2.98.